The molecule has 0 unspecified atom stereocenters. The fourth-order valence-electron chi connectivity index (χ4n) is 9.30. The molecule has 6 aromatic carbocycles. The maximum absolute atomic E-state index is 2.55. The highest BCUT2D eigenvalue weighted by molar-refractivity contribution is 7.23. The van der Waals surface area contributed by atoms with Crippen molar-refractivity contribution in [2.24, 2.45) is 0 Å². The van der Waals surface area contributed by atoms with Gasteiger partial charge in [-0.15, -0.1) is 11.3 Å². The van der Waals surface area contributed by atoms with Crippen molar-refractivity contribution in [2.75, 3.05) is 9.80 Å². The van der Waals surface area contributed by atoms with E-state index in [1.54, 1.807) is 0 Å². The third-order valence-corrected chi connectivity index (χ3v) is 14.5. The molecule has 0 spiro atoms. The number of aryl methyl sites for hydroxylation is 1. The Morgan fingerprint density at radius 1 is 0.468 bits per heavy atom. The van der Waals surface area contributed by atoms with E-state index in [0.717, 1.165) is 22.7 Å². The van der Waals surface area contributed by atoms with Crippen LogP contribution in [-0.4, -0.2) is 0 Å². The van der Waals surface area contributed by atoms with E-state index in [1.807, 2.05) is 11.3 Å². The van der Waals surface area contributed by atoms with Crippen molar-refractivity contribution in [3.8, 4) is 11.1 Å². The van der Waals surface area contributed by atoms with Crippen LogP contribution in [-0.2, 0) is 27.1 Å². The van der Waals surface area contributed by atoms with E-state index in [2.05, 4.69) is 240 Å². The topological polar surface area (TPSA) is 6.48 Å². The van der Waals surface area contributed by atoms with Gasteiger partial charge in [-0.3, -0.25) is 0 Å². The lowest BCUT2D eigenvalue weighted by molar-refractivity contribution is 0.332. The molecule has 8 rings (SSSR count). The summed E-state index contributed by atoms with van der Waals surface area (Å²) in [5, 5.41) is 2.53. The SMILES string of the molecule is Cc1cc(N(c2ccc(C(C)(C)C)cc2)c2ccc(C(C)(C)C)cc2)cc(N(c2cc3cc4c(cc3s2)C(C)(C)CCC4(C)C)c2ccc(C(C)(C)C)cc2-c2ccccc2)c1. The Balaban J connectivity index is 1.39. The lowest BCUT2D eigenvalue weighted by atomic mass is 9.63. The third-order valence-electron chi connectivity index (χ3n) is 13.4. The lowest BCUT2D eigenvalue weighted by Gasteiger charge is -2.41. The summed E-state index contributed by atoms with van der Waals surface area (Å²) in [5.41, 5.74) is 16.7. The van der Waals surface area contributed by atoms with Crippen molar-refractivity contribution < 1.29 is 0 Å². The molecule has 0 saturated heterocycles. The molecule has 62 heavy (non-hydrogen) atoms. The maximum Gasteiger partial charge on any atom is 0.101 e. The van der Waals surface area contributed by atoms with Gasteiger partial charge < -0.3 is 9.80 Å². The molecule has 1 aliphatic rings. The predicted molar refractivity (Wildman–Crippen MR) is 273 cm³/mol. The van der Waals surface area contributed by atoms with Crippen molar-refractivity contribution in [1.29, 1.82) is 0 Å². The first-order valence-corrected chi connectivity index (χ1v) is 23.5. The van der Waals surface area contributed by atoms with E-state index in [1.165, 1.54) is 78.1 Å². The van der Waals surface area contributed by atoms with Crippen LogP contribution in [0.4, 0.5) is 33.4 Å². The Bertz CT molecular complexity index is 2620. The van der Waals surface area contributed by atoms with Crippen LogP contribution in [0.25, 0.3) is 21.2 Å². The Hall–Kier alpha value is -5.12. The van der Waals surface area contributed by atoms with Crippen molar-refractivity contribution >= 4 is 54.9 Å². The van der Waals surface area contributed by atoms with Gasteiger partial charge in [-0.2, -0.15) is 0 Å². The second-order valence-electron chi connectivity index (χ2n) is 22.4. The van der Waals surface area contributed by atoms with E-state index in [4.69, 9.17) is 0 Å². The Kier molecular flexibility index (Phi) is 10.9. The van der Waals surface area contributed by atoms with Crippen LogP contribution in [0, 0.1) is 6.92 Å². The average Bonchev–Trinajstić information content (AvgIpc) is 3.62. The number of hydrogen-bond acceptors (Lipinski definition) is 3. The number of rotatable bonds is 7. The number of nitrogens with zero attached hydrogens (tertiary/aromatic N) is 2. The highest BCUT2D eigenvalue weighted by atomic mass is 32.1. The fraction of sp³-hybridized carbons (Fsp3) is 0.356. The molecule has 0 fully saturated rings. The molecule has 0 N–H and O–H groups in total. The first kappa shape index (κ1) is 43.5. The number of thiophene rings is 1. The van der Waals surface area contributed by atoms with Gasteiger partial charge in [0.2, 0.25) is 0 Å². The van der Waals surface area contributed by atoms with Crippen LogP contribution in [0.3, 0.4) is 0 Å². The summed E-state index contributed by atoms with van der Waals surface area (Å²) in [7, 11) is 0. The van der Waals surface area contributed by atoms with E-state index in [9.17, 15) is 0 Å². The summed E-state index contributed by atoms with van der Waals surface area (Å²) in [4.78, 5) is 4.99. The molecule has 0 radical (unpaired) electrons. The van der Waals surface area contributed by atoms with Crippen LogP contribution >= 0.6 is 11.3 Å². The summed E-state index contributed by atoms with van der Waals surface area (Å²) in [6, 6.07) is 51.2. The zero-order valence-corrected chi connectivity index (χ0v) is 40.7. The molecule has 1 aliphatic carbocycles. The minimum atomic E-state index is -0.00867. The monoisotopic (exact) mass is 837 g/mol. The zero-order chi connectivity index (χ0) is 44.6. The summed E-state index contributed by atoms with van der Waals surface area (Å²) in [5.74, 6) is 0. The second kappa shape index (κ2) is 15.6. The van der Waals surface area contributed by atoms with Crippen LogP contribution in [0.15, 0.2) is 133 Å². The van der Waals surface area contributed by atoms with Gasteiger partial charge in [0.05, 0.1) is 5.69 Å². The molecule has 0 saturated carbocycles. The molecule has 1 aromatic heterocycles. The second-order valence-corrected chi connectivity index (χ2v) is 23.5. The molecule has 1 heterocycles. The smallest absolute Gasteiger partial charge is 0.101 e. The molecular weight excluding hydrogens is 769 g/mol. The molecule has 0 bridgehead atoms. The molecule has 2 nitrogen and oxygen atoms in total. The fourth-order valence-corrected chi connectivity index (χ4v) is 10.4. The highest BCUT2D eigenvalue weighted by Gasteiger charge is 2.37. The summed E-state index contributed by atoms with van der Waals surface area (Å²) in [6.07, 6.45) is 2.40. The van der Waals surface area contributed by atoms with Crippen molar-refractivity contribution in [1.82, 2.24) is 0 Å². The number of benzene rings is 6. The first-order chi connectivity index (χ1) is 29.0. The normalized spacial score (nSPS) is 15.1. The van der Waals surface area contributed by atoms with Gasteiger partial charge >= 0.3 is 0 Å². The first-order valence-electron chi connectivity index (χ1n) is 22.7. The molecule has 0 atom stereocenters. The Labute approximate surface area is 377 Å². The van der Waals surface area contributed by atoms with E-state index in [-0.39, 0.29) is 27.1 Å². The van der Waals surface area contributed by atoms with Crippen LogP contribution < -0.4 is 9.80 Å². The predicted octanol–water partition coefficient (Wildman–Crippen LogP) is 18.1. The van der Waals surface area contributed by atoms with Crippen LogP contribution in [0.1, 0.15) is 136 Å². The average molecular weight is 837 g/mol. The standard InChI is InChI=1S/C59H68N2S/c1-39-32-47(60(45-25-20-42(21-26-45)55(2,3)4)46-27-22-43(23-28-46)56(5,6)7)37-48(33-39)61(52-29-24-44(57(8,9)10)36-49(52)40-18-16-15-17-19-40)54-35-41-34-50-51(38-53(41)62-54)59(13,14)31-30-58(50,11)12/h15-29,32-38H,30-31H2,1-14H3. The molecule has 320 valence electrons. The molecular formula is C59H68N2S. The van der Waals surface area contributed by atoms with Crippen LogP contribution in [0.2, 0.25) is 0 Å². The van der Waals surface area contributed by atoms with E-state index in [0.29, 0.717) is 0 Å². The quantitative estimate of drug-likeness (QED) is 0.158. The summed E-state index contributed by atoms with van der Waals surface area (Å²) in [6.45, 7) is 32.6. The van der Waals surface area contributed by atoms with E-state index < -0.39 is 0 Å². The number of hydrogen-bond donors (Lipinski definition) is 0. The van der Waals surface area contributed by atoms with Gasteiger partial charge in [-0.1, -0.05) is 151 Å². The van der Waals surface area contributed by atoms with Gasteiger partial charge in [-0.05, 0) is 164 Å². The lowest BCUT2D eigenvalue weighted by Crippen LogP contribution is -2.33. The molecule has 0 aliphatic heterocycles. The van der Waals surface area contributed by atoms with Gasteiger partial charge in [0.15, 0.2) is 0 Å². The van der Waals surface area contributed by atoms with Crippen molar-refractivity contribution in [3.05, 3.63) is 167 Å². The summed E-state index contributed by atoms with van der Waals surface area (Å²) >= 11 is 1.92. The highest BCUT2D eigenvalue weighted by Crippen LogP contribution is 2.52. The molecule has 0 amide bonds. The Morgan fingerprint density at radius 2 is 0.952 bits per heavy atom. The van der Waals surface area contributed by atoms with Crippen molar-refractivity contribution in [3.63, 3.8) is 0 Å². The Morgan fingerprint density at radius 3 is 1.47 bits per heavy atom. The number of anilines is 6. The maximum atomic E-state index is 2.55. The minimum absolute atomic E-state index is 0.00867. The van der Waals surface area contributed by atoms with Crippen LogP contribution in [0.5, 0.6) is 0 Å². The molecule has 3 heteroatoms. The zero-order valence-electron chi connectivity index (χ0n) is 39.9. The van der Waals surface area contributed by atoms with Gasteiger partial charge in [-0.25, -0.2) is 0 Å². The van der Waals surface area contributed by atoms with Crippen molar-refractivity contribution in [2.45, 2.75) is 137 Å². The minimum Gasteiger partial charge on any atom is -0.310 e. The molecule has 7 aromatic rings. The van der Waals surface area contributed by atoms with Gasteiger partial charge in [0.25, 0.3) is 0 Å². The van der Waals surface area contributed by atoms with Gasteiger partial charge in [0.1, 0.15) is 5.00 Å². The van der Waals surface area contributed by atoms with E-state index >= 15 is 0 Å². The third kappa shape index (κ3) is 8.50. The number of fused-ring (bicyclic) bond motifs is 2. The largest absolute Gasteiger partial charge is 0.310 e. The van der Waals surface area contributed by atoms with Gasteiger partial charge in [0, 0.05) is 33.0 Å². The summed E-state index contributed by atoms with van der Waals surface area (Å²) < 4.78 is 1.34.